The van der Waals surface area contributed by atoms with Gasteiger partial charge in [-0.2, -0.15) is 5.10 Å². The zero-order chi connectivity index (χ0) is 15.1. The molecule has 0 radical (unpaired) electrons. The van der Waals surface area contributed by atoms with Crippen LogP contribution in [0.25, 0.3) is 16.9 Å². The van der Waals surface area contributed by atoms with Gasteiger partial charge in [-0.05, 0) is 24.6 Å². The van der Waals surface area contributed by atoms with Crippen molar-refractivity contribution in [2.24, 2.45) is 0 Å². The highest BCUT2D eigenvalue weighted by molar-refractivity contribution is 6.34. The van der Waals surface area contributed by atoms with Crippen molar-refractivity contribution in [3.63, 3.8) is 0 Å². The van der Waals surface area contributed by atoms with Gasteiger partial charge >= 0.3 is 0 Å². The molecule has 1 aromatic heterocycles. The summed E-state index contributed by atoms with van der Waals surface area (Å²) in [5, 5.41) is 9.46. The fourth-order valence-corrected chi connectivity index (χ4v) is 3.19. The maximum Gasteiger partial charge on any atom is 0.133 e. The van der Waals surface area contributed by atoms with Crippen molar-refractivity contribution in [1.29, 1.82) is 0 Å². The largest absolute Gasteiger partial charge is 0.369 e. The van der Waals surface area contributed by atoms with E-state index in [4.69, 9.17) is 28.3 Å². The van der Waals surface area contributed by atoms with Gasteiger partial charge in [0.05, 0.1) is 16.4 Å². The van der Waals surface area contributed by atoms with Gasteiger partial charge in [0.2, 0.25) is 0 Å². The van der Waals surface area contributed by atoms with Gasteiger partial charge in [0, 0.05) is 22.7 Å². The Kier molecular flexibility index (Phi) is 3.32. The van der Waals surface area contributed by atoms with Crippen molar-refractivity contribution < 1.29 is 0 Å². The van der Waals surface area contributed by atoms with Crippen molar-refractivity contribution in [3.05, 3.63) is 64.1 Å². The Labute approximate surface area is 138 Å². The van der Waals surface area contributed by atoms with Gasteiger partial charge in [-0.3, -0.25) is 0 Å². The minimum Gasteiger partial charge on any atom is -0.369 e. The van der Waals surface area contributed by atoms with Crippen molar-refractivity contribution in [2.75, 3.05) is 11.9 Å². The lowest BCUT2D eigenvalue weighted by Gasteiger charge is -2.08. The summed E-state index contributed by atoms with van der Waals surface area (Å²) < 4.78 is 1.86. The SMILES string of the molecule is Clc1ccc(Cl)c(-n2nc(-c3ccccc3)c3c2NCC3)c1. The zero-order valence-electron chi connectivity index (χ0n) is 11.7. The van der Waals surface area contributed by atoms with Crippen LogP contribution in [0.1, 0.15) is 5.56 Å². The number of anilines is 1. The lowest BCUT2D eigenvalue weighted by molar-refractivity contribution is 0.883. The molecular formula is C17H13Cl2N3. The third-order valence-electron chi connectivity index (χ3n) is 3.83. The standard InChI is InChI=1S/C17H13Cl2N3/c18-12-6-7-14(19)15(10-12)22-17-13(8-9-20-17)16(21-22)11-4-2-1-3-5-11/h1-7,10,20H,8-9H2. The summed E-state index contributed by atoms with van der Waals surface area (Å²) in [6.07, 6.45) is 0.956. The Morgan fingerprint density at radius 1 is 1.05 bits per heavy atom. The average Bonchev–Trinajstić information content (AvgIpc) is 3.13. The lowest BCUT2D eigenvalue weighted by atomic mass is 10.1. The van der Waals surface area contributed by atoms with Crippen LogP contribution in [0.4, 0.5) is 5.82 Å². The first-order chi connectivity index (χ1) is 10.7. The molecule has 5 heteroatoms. The molecule has 22 heavy (non-hydrogen) atoms. The van der Waals surface area contributed by atoms with Crippen LogP contribution in [0, 0.1) is 0 Å². The molecule has 0 amide bonds. The molecule has 0 aliphatic carbocycles. The molecule has 4 rings (SSSR count). The minimum atomic E-state index is 0.628. The van der Waals surface area contributed by atoms with Crippen LogP contribution in [0.2, 0.25) is 10.0 Å². The lowest BCUT2D eigenvalue weighted by Crippen LogP contribution is -2.04. The monoisotopic (exact) mass is 329 g/mol. The van der Waals surface area contributed by atoms with E-state index in [1.165, 1.54) is 5.56 Å². The van der Waals surface area contributed by atoms with E-state index >= 15 is 0 Å². The molecule has 1 aliphatic heterocycles. The Morgan fingerprint density at radius 2 is 1.86 bits per heavy atom. The highest BCUT2D eigenvalue weighted by Crippen LogP contribution is 2.36. The molecule has 0 atom stereocenters. The predicted octanol–water partition coefficient (Wildman–Crippen LogP) is 4.81. The number of nitrogens with zero attached hydrogens (tertiary/aromatic N) is 2. The Bertz CT molecular complexity index is 841. The number of hydrogen-bond acceptors (Lipinski definition) is 2. The summed E-state index contributed by atoms with van der Waals surface area (Å²) in [4.78, 5) is 0. The number of halogens is 2. The molecule has 2 aromatic carbocycles. The molecule has 3 nitrogen and oxygen atoms in total. The van der Waals surface area contributed by atoms with Crippen LogP contribution < -0.4 is 5.32 Å². The topological polar surface area (TPSA) is 29.9 Å². The van der Waals surface area contributed by atoms with E-state index in [0.717, 1.165) is 35.7 Å². The molecule has 1 N–H and O–H groups in total. The number of fused-ring (bicyclic) bond motifs is 1. The Morgan fingerprint density at radius 3 is 2.68 bits per heavy atom. The normalized spacial score (nSPS) is 13.0. The first kappa shape index (κ1) is 13.7. The number of benzene rings is 2. The zero-order valence-corrected chi connectivity index (χ0v) is 13.2. The van der Waals surface area contributed by atoms with E-state index in [2.05, 4.69) is 17.4 Å². The minimum absolute atomic E-state index is 0.628. The summed E-state index contributed by atoms with van der Waals surface area (Å²) in [7, 11) is 0. The van der Waals surface area contributed by atoms with Crippen molar-refractivity contribution in [2.45, 2.75) is 6.42 Å². The van der Waals surface area contributed by atoms with Gasteiger partial charge in [0.15, 0.2) is 0 Å². The van der Waals surface area contributed by atoms with Crippen LogP contribution in [-0.4, -0.2) is 16.3 Å². The summed E-state index contributed by atoms with van der Waals surface area (Å²) in [5.74, 6) is 1.00. The molecule has 0 saturated carbocycles. The molecule has 110 valence electrons. The Balaban J connectivity index is 1.94. The molecule has 2 heterocycles. The summed E-state index contributed by atoms with van der Waals surface area (Å²) >= 11 is 12.5. The van der Waals surface area contributed by atoms with Gasteiger partial charge in [-0.1, -0.05) is 53.5 Å². The second-order valence-corrected chi connectivity index (χ2v) is 6.07. The van der Waals surface area contributed by atoms with E-state index in [-0.39, 0.29) is 0 Å². The molecule has 0 unspecified atom stereocenters. The third-order valence-corrected chi connectivity index (χ3v) is 4.39. The summed E-state index contributed by atoms with van der Waals surface area (Å²) in [6, 6.07) is 15.6. The molecular weight excluding hydrogens is 317 g/mol. The van der Waals surface area contributed by atoms with Crippen LogP contribution >= 0.6 is 23.2 Å². The number of rotatable bonds is 2. The van der Waals surface area contributed by atoms with Crippen molar-refractivity contribution >= 4 is 29.0 Å². The second-order valence-electron chi connectivity index (χ2n) is 5.23. The molecule has 3 aromatic rings. The van der Waals surface area contributed by atoms with Gasteiger partial charge in [0.1, 0.15) is 5.82 Å². The third kappa shape index (κ3) is 2.18. The van der Waals surface area contributed by atoms with Crippen LogP contribution in [0.5, 0.6) is 0 Å². The number of nitrogens with one attached hydrogen (secondary N) is 1. The Hall–Kier alpha value is -1.97. The van der Waals surface area contributed by atoms with Crippen molar-refractivity contribution in [3.8, 4) is 16.9 Å². The van der Waals surface area contributed by atoms with Crippen LogP contribution in [0.15, 0.2) is 48.5 Å². The van der Waals surface area contributed by atoms with E-state index in [9.17, 15) is 0 Å². The van der Waals surface area contributed by atoms with Gasteiger partial charge < -0.3 is 5.32 Å². The van der Waals surface area contributed by atoms with E-state index in [0.29, 0.717) is 10.0 Å². The average molecular weight is 330 g/mol. The molecule has 0 saturated heterocycles. The first-order valence-corrected chi connectivity index (χ1v) is 7.86. The predicted molar refractivity (Wildman–Crippen MR) is 91.2 cm³/mol. The van der Waals surface area contributed by atoms with Gasteiger partial charge in [-0.25, -0.2) is 4.68 Å². The fraction of sp³-hybridized carbons (Fsp3) is 0.118. The maximum atomic E-state index is 6.34. The second kappa shape index (κ2) is 5.34. The van der Waals surface area contributed by atoms with E-state index in [1.807, 2.05) is 28.9 Å². The molecule has 0 fully saturated rings. The number of hydrogen-bond donors (Lipinski definition) is 1. The smallest absolute Gasteiger partial charge is 0.133 e. The van der Waals surface area contributed by atoms with Gasteiger partial charge in [-0.15, -0.1) is 0 Å². The summed E-state index contributed by atoms with van der Waals surface area (Å²) in [6.45, 7) is 0.908. The highest BCUT2D eigenvalue weighted by atomic mass is 35.5. The van der Waals surface area contributed by atoms with E-state index in [1.54, 1.807) is 12.1 Å². The summed E-state index contributed by atoms with van der Waals surface area (Å²) in [5.41, 5.74) is 4.13. The highest BCUT2D eigenvalue weighted by Gasteiger charge is 2.24. The van der Waals surface area contributed by atoms with Crippen molar-refractivity contribution in [1.82, 2.24) is 9.78 Å². The maximum absolute atomic E-state index is 6.34. The molecule has 0 spiro atoms. The van der Waals surface area contributed by atoms with Crippen LogP contribution in [-0.2, 0) is 6.42 Å². The fourth-order valence-electron chi connectivity index (χ4n) is 2.83. The quantitative estimate of drug-likeness (QED) is 0.730. The van der Waals surface area contributed by atoms with E-state index < -0.39 is 0 Å². The first-order valence-electron chi connectivity index (χ1n) is 7.10. The van der Waals surface area contributed by atoms with Crippen LogP contribution in [0.3, 0.4) is 0 Å². The van der Waals surface area contributed by atoms with Gasteiger partial charge in [0.25, 0.3) is 0 Å². The molecule has 1 aliphatic rings. The number of aromatic nitrogens is 2. The molecule has 0 bridgehead atoms.